The first-order valence-electron chi connectivity index (χ1n) is 5.47. The highest BCUT2D eigenvalue weighted by Crippen LogP contribution is 2.37. The second-order valence-corrected chi connectivity index (χ2v) is 6.22. The van der Waals surface area contributed by atoms with Crippen molar-refractivity contribution < 1.29 is 9.84 Å². The van der Waals surface area contributed by atoms with E-state index in [4.69, 9.17) is 16.3 Å². The molecule has 0 aliphatic rings. The van der Waals surface area contributed by atoms with Gasteiger partial charge in [0, 0.05) is 9.35 Å². The fraction of sp³-hybridized carbons (Fsp3) is 0.231. The van der Waals surface area contributed by atoms with Crippen molar-refractivity contribution in [2.75, 3.05) is 6.61 Å². The van der Waals surface area contributed by atoms with Crippen LogP contribution < -0.4 is 4.74 Å². The minimum absolute atomic E-state index is 0.607. The van der Waals surface area contributed by atoms with Crippen LogP contribution in [-0.4, -0.2) is 11.7 Å². The highest BCUT2D eigenvalue weighted by Gasteiger charge is 2.15. The summed E-state index contributed by atoms with van der Waals surface area (Å²) in [6.45, 7) is 2.54. The van der Waals surface area contributed by atoms with Crippen LogP contribution in [0.2, 0.25) is 4.34 Å². The number of benzene rings is 1. The van der Waals surface area contributed by atoms with Crippen molar-refractivity contribution >= 4 is 38.9 Å². The molecule has 1 unspecified atom stereocenters. The van der Waals surface area contributed by atoms with Crippen LogP contribution in [0, 0.1) is 0 Å². The first-order valence-corrected chi connectivity index (χ1v) is 7.46. The third-order valence-corrected chi connectivity index (χ3v) is 4.95. The Labute approximate surface area is 123 Å². The summed E-state index contributed by atoms with van der Waals surface area (Å²) in [5.74, 6) is 0.760. The molecule has 2 aromatic rings. The van der Waals surface area contributed by atoms with Crippen molar-refractivity contribution in [3.05, 3.63) is 49.6 Å². The molecular formula is C13H12BrClO2S. The number of hydrogen-bond acceptors (Lipinski definition) is 3. The van der Waals surface area contributed by atoms with Gasteiger partial charge in [-0.2, -0.15) is 0 Å². The van der Waals surface area contributed by atoms with E-state index in [1.54, 1.807) is 0 Å². The van der Waals surface area contributed by atoms with E-state index >= 15 is 0 Å². The van der Waals surface area contributed by atoms with E-state index in [0.717, 1.165) is 20.7 Å². The smallest absolute Gasteiger partial charge is 0.119 e. The number of halogens is 2. The largest absolute Gasteiger partial charge is 0.494 e. The lowest BCUT2D eigenvalue weighted by Crippen LogP contribution is -1.98. The summed E-state index contributed by atoms with van der Waals surface area (Å²) in [5, 5.41) is 10.3. The Morgan fingerprint density at radius 3 is 2.83 bits per heavy atom. The summed E-state index contributed by atoms with van der Waals surface area (Å²) in [5.41, 5.74) is 0.798. The molecule has 1 aromatic carbocycles. The van der Waals surface area contributed by atoms with Crippen LogP contribution in [0.5, 0.6) is 5.75 Å². The zero-order valence-corrected chi connectivity index (χ0v) is 12.8. The minimum Gasteiger partial charge on any atom is -0.494 e. The van der Waals surface area contributed by atoms with Gasteiger partial charge in [-0.05, 0) is 46.6 Å². The molecule has 96 valence electrons. The van der Waals surface area contributed by atoms with E-state index in [1.165, 1.54) is 11.3 Å². The van der Waals surface area contributed by atoms with Gasteiger partial charge >= 0.3 is 0 Å². The van der Waals surface area contributed by atoms with Crippen molar-refractivity contribution in [1.82, 2.24) is 0 Å². The number of aliphatic hydroxyl groups is 1. The van der Waals surface area contributed by atoms with E-state index in [-0.39, 0.29) is 0 Å². The quantitative estimate of drug-likeness (QED) is 0.872. The molecule has 1 heterocycles. The lowest BCUT2D eigenvalue weighted by atomic mass is 10.1. The number of hydrogen-bond donors (Lipinski definition) is 1. The summed E-state index contributed by atoms with van der Waals surface area (Å²) in [6, 6.07) is 9.29. The second kappa shape index (κ2) is 6.06. The monoisotopic (exact) mass is 346 g/mol. The summed E-state index contributed by atoms with van der Waals surface area (Å²) < 4.78 is 6.87. The van der Waals surface area contributed by atoms with Gasteiger partial charge in [0.1, 0.15) is 16.2 Å². The third kappa shape index (κ3) is 3.06. The van der Waals surface area contributed by atoms with Gasteiger partial charge in [0.15, 0.2) is 0 Å². The van der Waals surface area contributed by atoms with Gasteiger partial charge in [-0.1, -0.05) is 23.7 Å². The average Bonchev–Trinajstić information content (AvgIpc) is 2.69. The van der Waals surface area contributed by atoms with Crippen LogP contribution in [0.1, 0.15) is 23.5 Å². The van der Waals surface area contributed by atoms with E-state index in [0.29, 0.717) is 10.9 Å². The molecule has 0 spiro atoms. The topological polar surface area (TPSA) is 29.5 Å². The van der Waals surface area contributed by atoms with E-state index < -0.39 is 6.10 Å². The molecule has 0 saturated heterocycles. The molecule has 1 aromatic heterocycles. The number of rotatable bonds is 4. The number of thiophene rings is 1. The zero-order valence-electron chi connectivity index (χ0n) is 9.69. The SMILES string of the molecule is CCOc1cccc(C(O)c2cc(Br)c(Cl)s2)c1. The predicted octanol–water partition coefficient (Wildman–Crippen LogP) is 4.64. The molecule has 5 heteroatoms. The Kier molecular flexibility index (Phi) is 4.67. The lowest BCUT2D eigenvalue weighted by molar-refractivity contribution is 0.223. The Hall–Kier alpha value is -0.550. The molecule has 1 atom stereocenters. The first kappa shape index (κ1) is 13.9. The molecular weight excluding hydrogens is 336 g/mol. The zero-order chi connectivity index (χ0) is 13.1. The Bertz CT molecular complexity index is 522. The maximum Gasteiger partial charge on any atom is 0.119 e. The summed E-state index contributed by atoms with van der Waals surface area (Å²) >= 11 is 10.7. The molecule has 0 radical (unpaired) electrons. The molecule has 1 N–H and O–H groups in total. The van der Waals surface area contributed by atoms with Gasteiger partial charge in [-0.15, -0.1) is 11.3 Å². The van der Waals surface area contributed by atoms with Crippen LogP contribution in [0.15, 0.2) is 34.8 Å². The average molecular weight is 348 g/mol. The fourth-order valence-corrected chi connectivity index (χ4v) is 3.35. The van der Waals surface area contributed by atoms with Crippen molar-refractivity contribution in [3.8, 4) is 5.75 Å². The van der Waals surface area contributed by atoms with Crippen LogP contribution in [-0.2, 0) is 0 Å². The van der Waals surface area contributed by atoms with E-state index in [9.17, 15) is 5.11 Å². The molecule has 0 bridgehead atoms. The van der Waals surface area contributed by atoms with Gasteiger partial charge in [0.25, 0.3) is 0 Å². The molecule has 2 rings (SSSR count). The van der Waals surface area contributed by atoms with Crippen LogP contribution in [0.25, 0.3) is 0 Å². The van der Waals surface area contributed by atoms with Crippen LogP contribution in [0.4, 0.5) is 0 Å². The molecule has 0 aliphatic heterocycles. The van der Waals surface area contributed by atoms with Crippen LogP contribution >= 0.6 is 38.9 Å². The standard InChI is InChI=1S/C13H12BrClO2S/c1-2-17-9-5-3-4-8(6-9)12(16)11-7-10(14)13(15)18-11/h3-7,12,16H,2H2,1H3. The minimum atomic E-state index is -0.681. The molecule has 0 amide bonds. The molecule has 18 heavy (non-hydrogen) atoms. The molecule has 0 saturated carbocycles. The summed E-state index contributed by atoms with van der Waals surface area (Å²) in [6.07, 6.45) is -0.681. The summed E-state index contributed by atoms with van der Waals surface area (Å²) in [7, 11) is 0. The molecule has 0 aliphatic carbocycles. The van der Waals surface area contributed by atoms with Gasteiger partial charge in [-0.3, -0.25) is 0 Å². The molecule has 0 fully saturated rings. The number of ether oxygens (including phenoxy) is 1. The summed E-state index contributed by atoms with van der Waals surface area (Å²) in [4.78, 5) is 0.806. The van der Waals surface area contributed by atoms with Gasteiger partial charge in [-0.25, -0.2) is 0 Å². The first-order chi connectivity index (χ1) is 8.61. The van der Waals surface area contributed by atoms with Gasteiger partial charge in [0.05, 0.1) is 6.61 Å². The predicted molar refractivity (Wildman–Crippen MR) is 78.7 cm³/mol. The van der Waals surface area contributed by atoms with E-state index in [1.807, 2.05) is 37.3 Å². The second-order valence-electron chi connectivity index (χ2n) is 3.68. The van der Waals surface area contributed by atoms with Crippen molar-refractivity contribution in [2.45, 2.75) is 13.0 Å². The van der Waals surface area contributed by atoms with Crippen LogP contribution in [0.3, 0.4) is 0 Å². The Morgan fingerprint density at radius 1 is 1.44 bits per heavy atom. The highest BCUT2D eigenvalue weighted by atomic mass is 79.9. The Morgan fingerprint density at radius 2 is 2.22 bits per heavy atom. The van der Waals surface area contributed by atoms with Gasteiger partial charge in [0.2, 0.25) is 0 Å². The van der Waals surface area contributed by atoms with Crippen molar-refractivity contribution in [2.24, 2.45) is 0 Å². The van der Waals surface area contributed by atoms with E-state index in [2.05, 4.69) is 15.9 Å². The third-order valence-electron chi connectivity index (χ3n) is 2.42. The van der Waals surface area contributed by atoms with Crippen molar-refractivity contribution in [3.63, 3.8) is 0 Å². The van der Waals surface area contributed by atoms with Gasteiger partial charge < -0.3 is 9.84 Å². The van der Waals surface area contributed by atoms with Crippen molar-refractivity contribution in [1.29, 1.82) is 0 Å². The maximum atomic E-state index is 10.3. The lowest BCUT2D eigenvalue weighted by Gasteiger charge is -2.10. The Balaban J connectivity index is 2.27. The maximum absolute atomic E-state index is 10.3. The molecule has 2 nitrogen and oxygen atoms in total. The fourth-order valence-electron chi connectivity index (χ4n) is 1.60. The normalized spacial score (nSPS) is 12.4. The number of aliphatic hydroxyl groups excluding tert-OH is 1. The highest BCUT2D eigenvalue weighted by molar-refractivity contribution is 9.10.